The van der Waals surface area contributed by atoms with E-state index in [1.54, 1.807) is 30.4 Å². The quantitative estimate of drug-likeness (QED) is 0.357. The van der Waals surface area contributed by atoms with E-state index in [2.05, 4.69) is 17.2 Å². The van der Waals surface area contributed by atoms with Crippen molar-refractivity contribution in [1.29, 1.82) is 0 Å². The summed E-state index contributed by atoms with van der Waals surface area (Å²) in [6.45, 7) is 6.55. The maximum Gasteiger partial charge on any atom is 0.243 e. The van der Waals surface area contributed by atoms with E-state index in [4.69, 9.17) is 12.7 Å². The molecule has 7 nitrogen and oxygen atoms in total. The van der Waals surface area contributed by atoms with Crippen LogP contribution in [-0.2, 0) is 14.9 Å². The summed E-state index contributed by atoms with van der Waals surface area (Å²) >= 11 is 0. The Labute approximate surface area is 184 Å². The fourth-order valence-electron chi connectivity index (χ4n) is 3.95. The molecule has 0 aliphatic carbocycles. The minimum Gasteiger partial charge on any atom is -0.286 e. The van der Waals surface area contributed by atoms with Crippen LogP contribution in [0.1, 0.15) is 43.7 Å². The maximum absolute atomic E-state index is 13.3. The van der Waals surface area contributed by atoms with Gasteiger partial charge in [0.25, 0.3) is 0 Å². The van der Waals surface area contributed by atoms with Crippen LogP contribution < -0.4 is 5.48 Å². The lowest BCUT2D eigenvalue weighted by molar-refractivity contribution is 0.248. The molecule has 1 heterocycles. The van der Waals surface area contributed by atoms with E-state index < -0.39 is 10.0 Å². The molecule has 31 heavy (non-hydrogen) atoms. The monoisotopic (exact) mass is 439 g/mol. The normalized spacial score (nSPS) is 15.8. The van der Waals surface area contributed by atoms with Gasteiger partial charge < -0.3 is 0 Å². The number of benzene rings is 2. The summed E-state index contributed by atoms with van der Waals surface area (Å²) in [5.74, 6) is 0. The molecule has 3 rings (SSSR count). The third-order valence-electron chi connectivity index (χ3n) is 5.42. The first kappa shape index (κ1) is 23.2. The highest BCUT2D eigenvalue weighted by Gasteiger charge is 2.27. The number of fused-ring (bicyclic) bond motifs is 1. The Bertz CT molecular complexity index is 1110. The molecule has 1 saturated heterocycles. The molecular weight excluding hydrogens is 413 g/mol. The molecular formula is C22H26BN3O4S. The molecule has 0 unspecified atom stereocenters. The Hall–Kier alpha value is -2.49. The van der Waals surface area contributed by atoms with E-state index in [-0.39, 0.29) is 17.1 Å². The molecule has 0 bridgehead atoms. The average molecular weight is 439 g/mol. The lowest BCUT2D eigenvalue weighted by Crippen LogP contribution is -2.31. The van der Waals surface area contributed by atoms with Crippen LogP contribution in [0.3, 0.4) is 0 Å². The fraction of sp³-hybridized carbons (Fsp3) is 0.364. The van der Waals surface area contributed by atoms with Crippen molar-refractivity contribution in [2.45, 2.75) is 37.5 Å². The zero-order valence-electron chi connectivity index (χ0n) is 17.6. The van der Waals surface area contributed by atoms with Crippen LogP contribution in [0.2, 0.25) is 0 Å². The molecule has 0 spiro atoms. The zero-order valence-corrected chi connectivity index (χ0v) is 18.5. The average Bonchev–Trinajstić information content (AvgIpc) is 3.07. The first-order chi connectivity index (χ1) is 15.0. The van der Waals surface area contributed by atoms with Crippen molar-refractivity contribution in [3.63, 3.8) is 0 Å². The van der Waals surface area contributed by atoms with Gasteiger partial charge in [-0.1, -0.05) is 43.7 Å². The van der Waals surface area contributed by atoms with Crippen LogP contribution in [0.15, 0.2) is 40.9 Å². The second-order valence-electron chi connectivity index (χ2n) is 7.29. The predicted molar refractivity (Wildman–Crippen MR) is 127 cm³/mol. The molecule has 2 aromatic carbocycles. The topological polar surface area (TPSA) is 88.1 Å². The summed E-state index contributed by atoms with van der Waals surface area (Å²) in [4.78, 5) is 17.1. The molecule has 0 amide bonds. The Morgan fingerprint density at radius 3 is 2.48 bits per heavy atom. The van der Waals surface area contributed by atoms with Gasteiger partial charge >= 0.3 is 0 Å². The van der Waals surface area contributed by atoms with Gasteiger partial charge in [0.05, 0.1) is 10.6 Å². The van der Waals surface area contributed by atoms with Crippen molar-refractivity contribution < 1.29 is 13.3 Å². The van der Waals surface area contributed by atoms with Crippen LogP contribution >= 0.6 is 0 Å². The molecule has 0 aromatic heterocycles. The van der Waals surface area contributed by atoms with Gasteiger partial charge in [0.15, 0.2) is 0 Å². The number of anilines is 1. The highest BCUT2D eigenvalue weighted by atomic mass is 32.2. The smallest absolute Gasteiger partial charge is 0.243 e. The molecule has 2 radical (unpaired) electrons. The third-order valence-corrected chi connectivity index (χ3v) is 7.31. The van der Waals surface area contributed by atoms with Gasteiger partial charge in [-0.25, -0.2) is 8.42 Å². The fourth-order valence-corrected chi connectivity index (χ4v) is 5.49. The Morgan fingerprint density at radius 1 is 1.19 bits per heavy atom. The molecule has 9 heteroatoms. The number of nitrogens with zero attached hydrogens (tertiary/aromatic N) is 2. The summed E-state index contributed by atoms with van der Waals surface area (Å²) in [6, 6.07) is 4.69. The molecule has 0 atom stereocenters. The standard InChI is InChI=1S/C22H26BN3O4S/c1-3-9-18-17(4-2)21(24-27)19-11-10-16(14-20(19)22(18)25-30-15-23)31(28,29)26-12-7-5-6-8-13-26/h3-4,9-11,14,25H,2,5-8,12-13,15H2,1H3/b9-3-. The van der Waals surface area contributed by atoms with E-state index in [0.29, 0.717) is 40.7 Å². The van der Waals surface area contributed by atoms with E-state index in [9.17, 15) is 13.3 Å². The van der Waals surface area contributed by atoms with Crippen molar-refractivity contribution in [1.82, 2.24) is 4.31 Å². The van der Waals surface area contributed by atoms with E-state index >= 15 is 0 Å². The molecule has 0 saturated carbocycles. The second kappa shape index (κ2) is 10.2. The van der Waals surface area contributed by atoms with Crippen molar-refractivity contribution in [2.75, 3.05) is 25.1 Å². The first-order valence-electron chi connectivity index (χ1n) is 10.3. The minimum atomic E-state index is -3.68. The molecule has 1 aliphatic rings. The number of nitrogens with one attached hydrogen (secondary N) is 1. The molecule has 1 N–H and O–H groups in total. The van der Waals surface area contributed by atoms with Crippen LogP contribution in [0.5, 0.6) is 0 Å². The van der Waals surface area contributed by atoms with Crippen molar-refractivity contribution >= 4 is 52.2 Å². The SMILES string of the molecule is [B]CONc1c(/C=C\C)c(C=C)c(N=O)c2ccc(S(=O)(=O)N3CCCCCC3)cc12. The van der Waals surface area contributed by atoms with Gasteiger partial charge in [0.1, 0.15) is 13.5 Å². The Balaban J connectivity index is 2.29. The van der Waals surface area contributed by atoms with Crippen LogP contribution in [-0.4, -0.2) is 40.2 Å². The van der Waals surface area contributed by atoms with Gasteiger partial charge in [-0.2, -0.15) is 4.31 Å². The first-order valence-corrected chi connectivity index (χ1v) is 11.7. The van der Waals surface area contributed by atoms with Gasteiger partial charge in [0, 0.05) is 41.5 Å². The number of rotatable bonds is 8. The van der Waals surface area contributed by atoms with Crippen molar-refractivity contribution in [2.24, 2.45) is 5.18 Å². The molecule has 162 valence electrons. The molecule has 1 fully saturated rings. The van der Waals surface area contributed by atoms with Gasteiger partial charge in [-0.05, 0) is 37.1 Å². The number of hydrogen-bond donors (Lipinski definition) is 1. The maximum atomic E-state index is 13.3. The third kappa shape index (κ3) is 4.58. The Kier molecular flexibility index (Phi) is 7.64. The van der Waals surface area contributed by atoms with Gasteiger partial charge in [0.2, 0.25) is 10.0 Å². The van der Waals surface area contributed by atoms with E-state index in [1.807, 2.05) is 6.92 Å². The van der Waals surface area contributed by atoms with Crippen LogP contribution in [0, 0.1) is 4.91 Å². The lowest BCUT2D eigenvalue weighted by atomic mass is 9.95. The van der Waals surface area contributed by atoms with Crippen molar-refractivity contribution in [3.8, 4) is 0 Å². The highest BCUT2D eigenvalue weighted by molar-refractivity contribution is 7.89. The summed E-state index contributed by atoms with van der Waals surface area (Å²) in [5.41, 5.74) is 4.62. The van der Waals surface area contributed by atoms with Crippen LogP contribution in [0.25, 0.3) is 22.9 Å². The Morgan fingerprint density at radius 2 is 1.90 bits per heavy atom. The van der Waals surface area contributed by atoms with E-state index in [0.717, 1.165) is 25.7 Å². The second-order valence-corrected chi connectivity index (χ2v) is 9.22. The van der Waals surface area contributed by atoms with Crippen molar-refractivity contribution in [3.05, 3.63) is 46.9 Å². The largest absolute Gasteiger partial charge is 0.286 e. The summed E-state index contributed by atoms with van der Waals surface area (Å²) < 4.78 is 28.2. The van der Waals surface area contributed by atoms with Gasteiger partial charge in [-0.15, -0.1) is 4.91 Å². The van der Waals surface area contributed by atoms with Gasteiger partial charge in [-0.3, -0.25) is 10.3 Å². The van der Waals surface area contributed by atoms with E-state index in [1.165, 1.54) is 10.4 Å². The zero-order chi connectivity index (χ0) is 22.4. The number of hydrogen-bond acceptors (Lipinski definition) is 6. The summed E-state index contributed by atoms with van der Waals surface area (Å²) in [7, 11) is 1.81. The minimum absolute atomic E-state index is 0.0976. The highest BCUT2D eigenvalue weighted by Crippen LogP contribution is 2.42. The number of sulfonamides is 1. The van der Waals surface area contributed by atoms with Crippen LogP contribution in [0.4, 0.5) is 11.4 Å². The predicted octanol–water partition coefficient (Wildman–Crippen LogP) is 4.95. The summed E-state index contributed by atoms with van der Waals surface area (Å²) in [5, 5.41) is 4.21. The number of allylic oxidation sites excluding steroid dienone is 1. The summed E-state index contributed by atoms with van der Waals surface area (Å²) in [6.07, 6.45) is 8.87. The molecule has 1 aliphatic heterocycles. The molecule has 2 aromatic rings. The number of nitroso groups, excluding NO2 is 1. The lowest BCUT2D eigenvalue weighted by Gasteiger charge is -2.21.